The smallest absolute Gasteiger partial charge is 0.338 e. The van der Waals surface area contributed by atoms with Crippen LogP contribution >= 0.6 is 11.8 Å². The molecule has 7 heteroatoms. The SMILES string of the molecule is CCn1ncnc1CSc1ccc(F)c(C(=O)O)c1. The normalized spacial score (nSPS) is 10.6. The molecule has 0 aliphatic heterocycles. The molecule has 0 saturated heterocycles. The van der Waals surface area contributed by atoms with Crippen molar-refractivity contribution < 1.29 is 14.3 Å². The number of aromatic carboxylic acids is 1. The molecule has 0 radical (unpaired) electrons. The fraction of sp³-hybridized carbons (Fsp3) is 0.250. The summed E-state index contributed by atoms with van der Waals surface area (Å²) in [5, 5.41) is 12.9. The Bertz CT molecular complexity index is 600. The third-order valence-electron chi connectivity index (χ3n) is 2.53. The molecule has 2 aromatic rings. The number of carboxylic acid groups (broad SMARTS) is 1. The van der Waals surface area contributed by atoms with Crippen molar-refractivity contribution in [3.63, 3.8) is 0 Å². The molecule has 1 aromatic carbocycles. The van der Waals surface area contributed by atoms with Gasteiger partial charge in [0.05, 0.1) is 11.3 Å². The second-order valence-electron chi connectivity index (χ2n) is 3.73. The largest absolute Gasteiger partial charge is 0.478 e. The molecule has 5 nitrogen and oxygen atoms in total. The Hall–Kier alpha value is -1.89. The van der Waals surface area contributed by atoms with E-state index in [9.17, 15) is 9.18 Å². The monoisotopic (exact) mass is 281 g/mol. The van der Waals surface area contributed by atoms with Crippen LogP contribution in [0.3, 0.4) is 0 Å². The molecule has 1 heterocycles. The summed E-state index contributed by atoms with van der Waals surface area (Å²) in [5.74, 6) is -0.641. The van der Waals surface area contributed by atoms with Crippen molar-refractivity contribution in [1.29, 1.82) is 0 Å². The molecule has 0 spiro atoms. The van der Waals surface area contributed by atoms with Crippen LogP contribution in [0.5, 0.6) is 0 Å². The maximum atomic E-state index is 13.2. The Morgan fingerprint density at radius 3 is 3.00 bits per heavy atom. The van der Waals surface area contributed by atoms with Gasteiger partial charge in [0, 0.05) is 11.4 Å². The van der Waals surface area contributed by atoms with Gasteiger partial charge >= 0.3 is 5.97 Å². The molecule has 2 rings (SSSR count). The number of benzene rings is 1. The third kappa shape index (κ3) is 3.11. The topological polar surface area (TPSA) is 68.0 Å². The molecule has 0 unspecified atom stereocenters. The molecule has 0 atom stereocenters. The first-order chi connectivity index (χ1) is 9.11. The Morgan fingerprint density at radius 2 is 2.32 bits per heavy atom. The van der Waals surface area contributed by atoms with Gasteiger partial charge in [-0.25, -0.2) is 18.9 Å². The van der Waals surface area contributed by atoms with Crippen LogP contribution in [-0.2, 0) is 12.3 Å². The molecule has 0 saturated carbocycles. The molecule has 0 aliphatic rings. The Kier molecular flexibility index (Phi) is 4.16. The fourth-order valence-electron chi connectivity index (χ4n) is 1.57. The molecular weight excluding hydrogens is 269 g/mol. The van der Waals surface area contributed by atoms with E-state index in [1.54, 1.807) is 10.7 Å². The summed E-state index contributed by atoms with van der Waals surface area (Å²) in [4.78, 5) is 15.6. The van der Waals surface area contributed by atoms with Gasteiger partial charge in [0.25, 0.3) is 0 Å². The summed E-state index contributed by atoms with van der Waals surface area (Å²) in [5.41, 5.74) is -0.318. The molecule has 100 valence electrons. The molecule has 0 amide bonds. The summed E-state index contributed by atoms with van der Waals surface area (Å²) in [7, 11) is 0. The predicted molar refractivity (Wildman–Crippen MR) is 68.6 cm³/mol. The summed E-state index contributed by atoms with van der Waals surface area (Å²) in [6, 6.07) is 4.05. The number of aromatic nitrogens is 3. The minimum atomic E-state index is -1.27. The van der Waals surface area contributed by atoms with E-state index in [-0.39, 0.29) is 5.56 Å². The fourth-order valence-corrected chi connectivity index (χ4v) is 2.45. The van der Waals surface area contributed by atoms with Gasteiger partial charge in [-0.2, -0.15) is 5.10 Å². The lowest BCUT2D eigenvalue weighted by molar-refractivity contribution is 0.0691. The highest BCUT2D eigenvalue weighted by atomic mass is 32.2. The number of hydrogen-bond donors (Lipinski definition) is 1. The van der Waals surface area contributed by atoms with Crippen LogP contribution in [0.4, 0.5) is 4.39 Å². The van der Waals surface area contributed by atoms with Gasteiger partial charge < -0.3 is 5.11 Å². The number of aryl methyl sites for hydroxylation is 1. The van der Waals surface area contributed by atoms with Crippen molar-refractivity contribution >= 4 is 17.7 Å². The van der Waals surface area contributed by atoms with E-state index in [2.05, 4.69) is 10.1 Å². The van der Waals surface area contributed by atoms with Gasteiger partial charge in [0.2, 0.25) is 0 Å². The highest BCUT2D eigenvalue weighted by Crippen LogP contribution is 2.24. The van der Waals surface area contributed by atoms with Crippen molar-refractivity contribution in [2.75, 3.05) is 0 Å². The van der Waals surface area contributed by atoms with Gasteiger partial charge in [-0.15, -0.1) is 11.8 Å². The number of thioether (sulfide) groups is 1. The summed E-state index contributed by atoms with van der Waals surface area (Å²) >= 11 is 1.39. The first-order valence-corrected chi connectivity index (χ1v) is 6.62. The number of carboxylic acids is 1. The molecule has 0 aliphatic carbocycles. The first-order valence-electron chi connectivity index (χ1n) is 5.64. The van der Waals surface area contributed by atoms with E-state index in [1.807, 2.05) is 6.92 Å². The summed E-state index contributed by atoms with van der Waals surface area (Å²) in [6.07, 6.45) is 1.48. The lowest BCUT2D eigenvalue weighted by atomic mass is 10.2. The number of nitrogens with zero attached hydrogens (tertiary/aromatic N) is 3. The van der Waals surface area contributed by atoms with Gasteiger partial charge in [0.15, 0.2) is 0 Å². The maximum absolute atomic E-state index is 13.2. The summed E-state index contributed by atoms with van der Waals surface area (Å²) in [6.45, 7) is 2.68. The van der Waals surface area contributed by atoms with Gasteiger partial charge in [0.1, 0.15) is 18.0 Å². The highest BCUT2D eigenvalue weighted by Gasteiger charge is 2.11. The molecule has 1 N–H and O–H groups in total. The van der Waals surface area contributed by atoms with Crippen molar-refractivity contribution in [1.82, 2.24) is 14.8 Å². The van der Waals surface area contributed by atoms with E-state index in [0.29, 0.717) is 10.6 Å². The van der Waals surface area contributed by atoms with Crippen LogP contribution in [0.1, 0.15) is 23.1 Å². The van der Waals surface area contributed by atoms with Crippen molar-refractivity contribution in [3.8, 4) is 0 Å². The number of halogens is 1. The van der Waals surface area contributed by atoms with Crippen LogP contribution in [-0.4, -0.2) is 25.8 Å². The van der Waals surface area contributed by atoms with Crippen LogP contribution < -0.4 is 0 Å². The summed E-state index contributed by atoms with van der Waals surface area (Å²) < 4.78 is 15.0. The predicted octanol–water partition coefficient (Wildman–Crippen LogP) is 2.43. The second kappa shape index (κ2) is 5.83. The highest BCUT2D eigenvalue weighted by molar-refractivity contribution is 7.98. The number of carbonyl (C=O) groups is 1. The Labute approximate surface area is 113 Å². The standard InChI is InChI=1S/C12H12FN3O2S/c1-2-16-11(14-7-15-16)6-19-8-3-4-10(13)9(5-8)12(17)18/h3-5,7H,2,6H2,1H3,(H,17,18). The minimum absolute atomic E-state index is 0.318. The van der Waals surface area contributed by atoms with E-state index in [0.717, 1.165) is 18.4 Å². The van der Waals surface area contributed by atoms with Gasteiger partial charge in [-0.05, 0) is 25.1 Å². The van der Waals surface area contributed by atoms with Crippen LogP contribution in [0.2, 0.25) is 0 Å². The zero-order valence-corrected chi connectivity index (χ0v) is 11.0. The van der Waals surface area contributed by atoms with Crippen LogP contribution in [0.15, 0.2) is 29.4 Å². The first kappa shape index (κ1) is 13.5. The van der Waals surface area contributed by atoms with Crippen molar-refractivity contribution in [2.24, 2.45) is 0 Å². The van der Waals surface area contributed by atoms with Crippen molar-refractivity contribution in [3.05, 3.63) is 41.7 Å². The quantitative estimate of drug-likeness (QED) is 0.852. The number of hydrogen-bond acceptors (Lipinski definition) is 4. The average molecular weight is 281 g/mol. The molecular formula is C12H12FN3O2S. The zero-order valence-electron chi connectivity index (χ0n) is 10.2. The minimum Gasteiger partial charge on any atom is -0.478 e. The Balaban J connectivity index is 2.12. The molecule has 0 fully saturated rings. The second-order valence-corrected chi connectivity index (χ2v) is 4.78. The molecule has 0 bridgehead atoms. The van der Waals surface area contributed by atoms with E-state index >= 15 is 0 Å². The third-order valence-corrected chi connectivity index (χ3v) is 3.52. The van der Waals surface area contributed by atoms with E-state index < -0.39 is 11.8 Å². The lowest BCUT2D eigenvalue weighted by Gasteiger charge is -2.04. The maximum Gasteiger partial charge on any atom is 0.338 e. The van der Waals surface area contributed by atoms with Gasteiger partial charge in [-0.3, -0.25) is 0 Å². The zero-order chi connectivity index (χ0) is 13.8. The van der Waals surface area contributed by atoms with Crippen molar-refractivity contribution in [2.45, 2.75) is 24.1 Å². The lowest BCUT2D eigenvalue weighted by Crippen LogP contribution is -2.02. The van der Waals surface area contributed by atoms with Crippen LogP contribution in [0, 0.1) is 5.82 Å². The van der Waals surface area contributed by atoms with E-state index in [1.165, 1.54) is 24.2 Å². The van der Waals surface area contributed by atoms with E-state index in [4.69, 9.17) is 5.11 Å². The van der Waals surface area contributed by atoms with Gasteiger partial charge in [-0.1, -0.05) is 0 Å². The van der Waals surface area contributed by atoms with Crippen LogP contribution in [0.25, 0.3) is 0 Å². The molecule has 19 heavy (non-hydrogen) atoms. The number of rotatable bonds is 5. The molecule has 1 aromatic heterocycles. The Morgan fingerprint density at radius 1 is 1.53 bits per heavy atom. The average Bonchev–Trinajstić information content (AvgIpc) is 2.84.